The van der Waals surface area contributed by atoms with E-state index in [4.69, 9.17) is 41.3 Å². The van der Waals surface area contributed by atoms with E-state index in [9.17, 15) is 13.2 Å². The van der Waals surface area contributed by atoms with Crippen molar-refractivity contribution in [3.63, 3.8) is 0 Å². The zero-order valence-corrected chi connectivity index (χ0v) is 21.1. The van der Waals surface area contributed by atoms with Gasteiger partial charge in [-0.2, -0.15) is 8.42 Å². The second kappa shape index (κ2) is 10.9. The lowest BCUT2D eigenvalue weighted by atomic mass is 10.1. The van der Waals surface area contributed by atoms with Gasteiger partial charge in [-0.1, -0.05) is 29.3 Å². The van der Waals surface area contributed by atoms with Crippen molar-refractivity contribution in [1.29, 1.82) is 0 Å². The zero-order valence-electron chi connectivity index (χ0n) is 18.8. The Morgan fingerprint density at radius 2 is 1.94 bits per heavy atom. The van der Waals surface area contributed by atoms with E-state index >= 15 is 0 Å². The van der Waals surface area contributed by atoms with Gasteiger partial charge in [-0.25, -0.2) is 0 Å². The van der Waals surface area contributed by atoms with Crippen LogP contribution in [0.15, 0.2) is 64.1 Å². The standard InChI is InChI=1S/C24H23Cl2NO7S/c1-31-21-9-6-16(12-23(21)34-35(29,30)18-7-8-19(25)20(26)13-18)14-27(15-17-4-2-10-32-17)24(28)22-5-3-11-33-22/h3,5-9,11-13,17H,2,4,10,14-15H2,1H3. The number of halogens is 2. The van der Waals surface area contributed by atoms with Gasteiger partial charge in [0.05, 0.1) is 29.5 Å². The van der Waals surface area contributed by atoms with Gasteiger partial charge in [0.15, 0.2) is 17.3 Å². The predicted molar refractivity (Wildman–Crippen MR) is 130 cm³/mol. The predicted octanol–water partition coefficient (Wildman–Crippen LogP) is 5.18. The number of rotatable bonds is 9. The summed E-state index contributed by atoms with van der Waals surface area (Å²) < 4.78 is 47.5. The highest BCUT2D eigenvalue weighted by atomic mass is 35.5. The Kier molecular flexibility index (Phi) is 7.91. The smallest absolute Gasteiger partial charge is 0.339 e. The van der Waals surface area contributed by atoms with Crippen molar-refractivity contribution in [1.82, 2.24) is 4.90 Å². The molecule has 1 aromatic heterocycles. The van der Waals surface area contributed by atoms with E-state index in [-0.39, 0.29) is 50.8 Å². The Morgan fingerprint density at radius 1 is 1.11 bits per heavy atom. The van der Waals surface area contributed by atoms with Gasteiger partial charge in [-0.15, -0.1) is 0 Å². The molecule has 0 aliphatic carbocycles. The maximum atomic E-state index is 13.1. The molecule has 0 spiro atoms. The second-order valence-electron chi connectivity index (χ2n) is 7.90. The van der Waals surface area contributed by atoms with Crippen LogP contribution in [-0.2, 0) is 21.4 Å². The third-order valence-electron chi connectivity index (χ3n) is 5.45. The van der Waals surface area contributed by atoms with Crippen molar-refractivity contribution in [3.05, 3.63) is 76.2 Å². The molecule has 0 bridgehead atoms. The molecule has 1 unspecified atom stereocenters. The van der Waals surface area contributed by atoms with Gasteiger partial charge in [0, 0.05) is 19.7 Å². The third-order valence-corrected chi connectivity index (χ3v) is 7.42. The minimum Gasteiger partial charge on any atom is -0.493 e. The van der Waals surface area contributed by atoms with Crippen LogP contribution in [-0.4, -0.2) is 45.6 Å². The van der Waals surface area contributed by atoms with Gasteiger partial charge < -0.3 is 23.0 Å². The van der Waals surface area contributed by atoms with Crippen LogP contribution in [0.4, 0.5) is 0 Å². The molecule has 0 saturated carbocycles. The molecule has 1 aliphatic rings. The summed E-state index contributed by atoms with van der Waals surface area (Å²) in [6, 6.07) is 11.9. The molecule has 1 saturated heterocycles. The van der Waals surface area contributed by atoms with Crippen LogP contribution in [0.25, 0.3) is 0 Å². The largest absolute Gasteiger partial charge is 0.493 e. The third kappa shape index (κ3) is 6.10. The lowest BCUT2D eigenvalue weighted by Crippen LogP contribution is -2.36. The van der Waals surface area contributed by atoms with Crippen LogP contribution in [0.1, 0.15) is 29.0 Å². The summed E-state index contributed by atoms with van der Waals surface area (Å²) in [5.74, 6) is 0.0846. The quantitative estimate of drug-likeness (QED) is 0.345. The van der Waals surface area contributed by atoms with Crippen LogP contribution in [0.3, 0.4) is 0 Å². The first kappa shape index (κ1) is 25.4. The number of hydrogen-bond acceptors (Lipinski definition) is 7. The summed E-state index contributed by atoms with van der Waals surface area (Å²) >= 11 is 11.9. The van der Waals surface area contributed by atoms with E-state index in [2.05, 4.69) is 0 Å². The normalized spacial score (nSPS) is 15.7. The van der Waals surface area contributed by atoms with Crippen LogP contribution in [0, 0.1) is 0 Å². The van der Waals surface area contributed by atoms with Crippen molar-refractivity contribution >= 4 is 39.2 Å². The maximum Gasteiger partial charge on any atom is 0.339 e. The average Bonchev–Trinajstić information content (AvgIpc) is 3.54. The van der Waals surface area contributed by atoms with Crippen LogP contribution in [0.5, 0.6) is 11.5 Å². The fourth-order valence-corrected chi connectivity index (χ4v) is 5.04. The Bertz CT molecular complexity index is 1290. The van der Waals surface area contributed by atoms with Gasteiger partial charge >= 0.3 is 10.1 Å². The number of hydrogen-bond donors (Lipinski definition) is 0. The van der Waals surface area contributed by atoms with Crippen molar-refractivity contribution in [2.75, 3.05) is 20.3 Å². The van der Waals surface area contributed by atoms with E-state index in [1.807, 2.05) is 0 Å². The molecule has 11 heteroatoms. The Morgan fingerprint density at radius 3 is 2.60 bits per heavy atom. The van der Waals surface area contributed by atoms with Gasteiger partial charge in [0.2, 0.25) is 0 Å². The summed E-state index contributed by atoms with van der Waals surface area (Å²) in [4.78, 5) is 14.5. The number of furan rings is 1. The number of nitrogens with zero attached hydrogens (tertiary/aromatic N) is 1. The molecule has 0 N–H and O–H groups in total. The van der Waals surface area contributed by atoms with Crippen molar-refractivity contribution in [2.24, 2.45) is 0 Å². The Hall–Kier alpha value is -2.72. The average molecular weight is 540 g/mol. The van der Waals surface area contributed by atoms with Crippen molar-refractivity contribution in [2.45, 2.75) is 30.4 Å². The van der Waals surface area contributed by atoms with Crippen molar-refractivity contribution < 1.29 is 31.3 Å². The van der Waals surface area contributed by atoms with Crippen molar-refractivity contribution in [3.8, 4) is 11.5 Å². The van der Waals surface area contributed by atoms with Gasteiger partial charge in [0.25, 0.3) is 5.91 Å². The highest BCUT2D eigenvalue weighted by Gasteiger charge is 2.26. The number of carbonyl (C=O) groups excluding carboxylic acids is 1. The molecule has 186 valence electrons. The second-order valence-corrected chi connectivity index (χ2v) is 10.3. The molecule has 3 aromatic rings. The SMILES string of the molecule is COc1ccc(CN(CC2CCCO2)C(=O)c2ccco2)cc1OS(=O)(=O)c1ccc(Cl)c(Cl)c1. The summed E-state index contributed by atoms with van der Waals surface area (Å²) in [5, 5.41) is 0.302. The van der Waals surface area contributed by atoms with E-state index < -0.39 is 10.1 Å². The first-order valence-corrected chi connectivity index (χ1v) is 12.9. The molecule has 0 radical (unpaired) electrons. The van der Waals surface area contributed by atoms with Crippen LogP contribution >= 0.6 is 23.2 Å². The minimum absolute atomic E-state index is 0.0291. The van der Waals surface area contributed by atoms with Crippen LogP contribution in [0.2, 0.25) is 10.0 Å². The lowest BCUT2D eigenvalue weighted by molar-refractivity contribution is 0.0484. The Balaban J connectivity index is 1.60. The van der Waals surface area contributed by atoms with E-state index in [0.717, 1.165) is 12.8 Å². The number of amides is 1. The Labute approximate surface area is 213 Å². The van der Waals surface area contributed by atoms with Gasteiger partial charge in [-0.05, 0) is 60.9 Å². The van der Waals surface area contributed by atoms with Gasteiger partial charge in [0.1, 0.15) is 4.90 Å². The summed E-state index contributed by atoms with van der Waals surface area (Å²) in [6.07, 6.45) is 3.13. The molecule has 2 aromatic carbocycles. The highest BCUT2D eigenvalue weighted by molar-refractivity contribution is 7.87. The summed E-state index contributed by atoms with van der Waals surface area (Å²) in [5.41, 5.74) is 0.628. The topological polar surface area (TPSA) is 95.3 Å². The lowest BCUT2D eigenvalue weighted by Gasteiger charge is -2.25. The number of carbonyl (C=O) groups is 1. The summed E-state index contributed by atoms with van der Waals surface area (Å²) in [6.45, 7) is 1.19. The molecule has 4 rings (SSSR count). The monoisotopic (exact) mass is 539 g/mol. The van der Waals surface area contributed by atoms with E-state index in [1.54, 1.807) is 29.2 Å². The van der Waals surface area contributed by atoms with E-state index in [1.165, 1.54) is 37.6 Å². The fourth-order valence-electron chi connectivity index (χ4n) is 3.71. The molecule has 35 heavy (non-hydrogen) atoms. The summed E-state index contributed by atoms with van der Waals surface area (Å²) in [7, 11) is -2.84. The maximum absolute atomic E-state index is 13.1. The first-order chi connectivity index (χ1) is 16.8. The van der Waals surface area contributed by atoms with E-state index in [0.29, 0.717) is 18.7 Å². The molecule has 1 fully saturated rings. The molecular weight excluding hydrogens is 517 g/mol. The number of ether oxygens (including phenoxy) is 2. The highest BCUT2D eigenvalue weighted by Crippen LogP contribution is 2.33. The molecule has 1 aliphatic heterocycles. The zero-order chi connectivity index (χ0) is 25.0. The molecular formula is C24H23Cl2NO7S. The van der Waals surface area contributed by atoms with Gasteiger partial charge in [-0.3, -0.25) is 4.79 Å². The fraction of sp³-hybridized carbons (Fsp3) is 0.292. The molecule has 1 atom stereocenters. The number of benzene rings is 2. The first-order valence-electron chi connectivity index (χ1n) is 10.8. The number of methoxy groups -OCH3 is 1. The van der Waals surface area contributed by atoms with Crippen LogP contribution < -0.4 is 8.92 Å². The molecule has 1 amide bonds. The minimum atomic E-state index is -4.24. The molecule has 8 nitrogen and oxygen atoms in total. The molecule has 2 heterocycles.